The van der Waals surface area contributed by atoms with Crippen molar-refractivity contribution in [3.63, 3.8) is 0 Å². The topological polar surface area (TPSA) is 43.3 Å². The molecule has 1 aromatic carbocycles. The van der Waals surface area contributed by atoms with Crippen molar-refractivity contribution >= 4 is 16.8 Å². The van der Waals surface area contributed by atoms with E-state index in [0.29, 0.717) is 12.6 Å². The number of fused-ring (bicyclic) bond motifs is 2. The molecule has 4 rings (SSSR count). The van der Waals surface area contributed by atoms with Gasteiger partial charge in [0, 0.05) is 36.8 Å². The van der Waals surface area contributed by atoms with Gasteiger partial charge in [0.05, 0.1) is 12.2 Å². The van der Waals surface area contributed by atoms with E-state index in [2.05, 4.69) is 16.0 Å². The predicted octanol–water partition coefficient (Wildman–Crippen LogP) is 4.38. The molecule has 1 N–H and O–H groups in total. The fourth-order valence-corrected chi connectivity index (χ4v) is 5.07. The molecular formula is C22H30N2O2. The molecule has 3 atom stereocenters. The number of para-hydroxylation sites is 1. The summed E-state index contributed by atoms with van der Waals surface area (Å²) in [4.78, 5) is 13.0. The molecule has 0 radical (unpaired) electrons. The number of amides is 1. The summed E-state index contributed by atoms with van der Waals surface area (Å²) in [7, 11) is 1.71. The van der Waals surface area contributed by atoms with Gasteiger partial charge in [0.1, 0.15) is 0 Å². The molecule has 2 aromatic rings. The van der Waals surface area contributed by atoms with Gasteiger partial charge in [-0.25, -0.2) is 0 Å². The number of benzene rings is 1. The highest BCUT2D eigenvalue weighted by atomic mass is 16.5. The first-order valence-electron chi connectivity index (χ1n) is 10.1. The van der Waals surface area contributed by atoms with Crippen LogP contribution in [0.15, 0.2) is 30.5 Å². The Labute approximate surface area is 155 Å². The Morgan fingerprint density at radius 2 is 1.96 bits per heavy atom. The van der Waals surface area contributed by atoms with E-state index in [0.717, 1.165) is 41.3 Å². The highest BCUT2D eigenvalue weighted by Gasteiger charge is 2.33. The number of hydrogen-bond acceptors (Lipinski definition) is 2. The lowest BCUT2D eigenvalue weighted by Gasteiger charge is -2.39. The maximum Gasteiger partial charge on any atom is 0.253 e. The minimum atomic E-state index is 0.0802. The Morgan fingerprint density at radius 3 is 2.81 bits per heavy atom. The molecule has 2 fully saturated rings. The molecule has 2 saturated carbocycles. The molecule has 1 aromatic heterocycles. The van der Waals surface area contributed by atoms with Crippen molar-refractivity contribution in [2.24, 2.45) is 11.8 Å². The molecule has 0 aliphatic heterocycles. The average molecular weight is 354 g/mol. The number of ether oxygens (including phenoxy) is 1. The van der Waals surface area contributed by atoms with Gasteiger partial charge in [0.15, 0.2) is 0 Å². The zero-order valence-electron chi connectivity index (χ0n) is 15.7. The van der Waals surface area contributed by atoms with E-state index in [9.17, 15) is 4.79 Å². The van der Waals surface area contributed by atoms with Crippen molar-refractivity contribution in [1.29, 1.82) is 0 Å². The third-order valence-corrected chi connectivity index (χ3v) is 6.44. The van der Waals surface area contributed by atoms with E-state index in [1.165, 1.54) is 38.5 Å². The van der Waals surface area contributed by atoms with E-state index < -0.39 is 0 Å². The van der Waals surface area contributed by atoms with Crippen molar-refractivity contribution in [1.82, 2.24) is 9.88 Å². The van der Waals surface area contributed by atoms with E-state index in [1.807, 2.05) is 24.4 Å². The second-order valence-corrected chi connectivity index (χ2v) is 8.03. The minimum absolute atomic E-state index is 0.0802. The van der Waals surface area contributed by atoms with Crippen molar-refractivity contribution in [2.45, 2.75) is 57.5 Å². The monoisotopic (exact) mass is 354 g/mol. The third kappa shape index (κ3) is 3.52. The van der Waals surface area contributed by atoms with Gasteiger partial charge < -0.3 is 14.6 Å². The normalized spacial score (nSPS) is 25.8. The standard InChI is InChI=1S/C22H30N2O2/c1-26-13-12-24-15-20(19-8-4-5-9-21(19)24)22(25)23-18-11-10-16-6-2-3-7-17(16)14-18/h4-5,8-9,15-18H,2-3,6-7,10-14H2,1H3,(H,23,25)/t16-,17+,18+/m0/s1. The summed E-state index contributed by atoms with van der Waals surface area (Å²) >= 11 is 0. The lowest BCUT2D eigenvalue weighted by atomic mass is 9.69. The Kier molecular flexibility index (Phi) is 5.30. The van der Waals surface area contributed by atoms with Gasteiger partial charge in [-0.05, 0) is 37.2 Å². The molecule has 140 valence electrons. The molecule has 26 heavy (non-hydrogen) atoms. The van der Waals surface area contributed by atoms with Crippen LogP contribution < -0.4 is 5.32 Å². The van der Waals surface area contributed by atoms with Crippen LogP contribution in [0.3, 0.4) is 0 Å². The Morgan fingerprint density at radius 1 is 1.15 bits per heavy atom. The summed E-state index contributed by atoms with van der Waals surface area (Å²) in [6.45, 7) is 1.41. The fraction of sp³-hybridized carbons (Fsp3) is 0.591. The van der Waals surface area contributed by atoms with Gasteiger partial charge in [-0.15, -0.1) is 0 Å². The predicted molar refractivity (Wildman–Crippen MR) is 104 cm³/mol. The number of rotatable bonds is 5. The van der Waals surface area contributed by atoms with E-state index in [1.54, 1.807) is 7.11 Å². The summed E-state index contributed by atoms with van der Waals surface area (Å²) in [6, 6.07) is 8.49. The minimum Gasteiger partial charge on any atom is -0.383 e. The highest BCUT2D eigenvalue weighted by Crippen LogP contribution is 2.40. The summed E-state index contributed by atoms with van der Waals surface area (Å²) < 4.78 is 7.35. The molecule has 4 heteroatoms. The van der Waals surface area contributed by atoms with Crippen LogP contribution in [0.5, 0.6) is 0 Å². The average Bonchev–Trinajstić information content (AvgIpc) is 3.05. The van der Waals surface area contributed by atoms with E-state index in [4.69, 9.17) is 4.74 Å². The lowest BCUT2D eigenvalue weighted by molar-refractivity contribution is 0.0880. The molecule has 0 bridgehead atoms. The maximum absolute atomic E-state index is 13.0. The maximum atomic E-state index is 13.0. The number of nitrogens with zero attached hydrogens (tertiary/aromatic N) is 1. The zero-order chi connectivity index (χ0) is 17.9. The second kappa shape index (κ2) is 7.83. The zero-order valence-corrected chi connectivity index (χ0v) is 15.7. The molecule has 0 spiro atoms. The second-order valence-electron chi connectivity index (χ2n) is 8.03. The summed E-state index contributed by atoms with van der Waals surface area (Å²) in [5.74, 6) is 1.82. The first-order chi connectivity index (χ1) is 12.8. The van der Waals surface area contributed by atoms with Gasteiger partial charge in [-0.2, -0.15) is 0 Å². The molecule has 1 heterocycles. The van der Waals surface area contributed by atoms with E-state index >= 15 is 0 Å². The molecule has 1 amide bonds. The quantitative estimate of drug-likeness (QED) is 0.866. The van der Waals surface area contributed by atoms with Gasteiger partial charge in [0.25, 0.3) is 5.91 Å². The van der Waals surface area contributed by atoms with Crippen molar-refractivity contribution < 1.29 is 9.53 Å². The Hall–Kier alpha value is -1.81. The number of methoxy groups -OCH3 is 1. The van der Waals surface area contributed by atoms with Crippen molar-refractivity contribution in [2.75, 3.05) is 13.7 Å². The summed E-state index contributed by atoms with van der Waals surface area (Å²) in [5, 5.41) is 4.38. The first kappa shape index (κ1) is 17.6. The van der Waals surface area contributed by atoms with Gasteiger partial charge in [-0.3, -0.25) is 4.79 Å². The molecule has 0 unspecified atom stereocenters. The molecule has 4 nitrogen and oxygen atoms in total. The van der Waals surface area contributed by atoms with Crippen LogP contribution >= 0.6 is 0 Å². The number of nitrogens with one attached hydrogen (secondary N) is 1. The van der Waals surface area contributed by atoms with Crippen LogP contribution in [0.1, 0.15) is 55.3 Å². The molecule has 0 saturated heterocycles. The van der Waals surface area contributed by atoms with Crippen LogP contribution in [-0.2, 0) is 11.3 Å². The van der Waals surface area contributed by atoms with E-state index in [-0.39, 0.29) is 5.91 Å². The molecule has 2 aliphatic carbocycles. The van der Waals surface area contributed by atoms with Crippen LogP contribution in [0, 0.1) is 11.8 Å². The van der Waals surface area contributed by atoms with Gasteiger partial charge in [-0.1, -0.05) is 43.9 Å². The number of carbonyl (C=O) groups excluding carboxylic acids is 1. The van der Waals surface area contributed by atoms with Gasteiger partial charge in [0.2, 0.25) is 0 Å². The van der Waals surface area contributed by atoms with Gasteiger partial charge >= 0.3 is 0 Å². The molecular weight excluding hydrogens is 324 g/mol. The summed E-state index contributed by atoms with van der Waals surface area (Å²) in [5.41, 5.74) is 1.90. The first-order valence-corrected chi connectivity index (χ1v) is 10.1. The van der Waals surface area contributed by atoms with Crippen LogP contribution in [0.25, 0.3) is 10.9 Å². The number of aromatic nitrogens is 1. The SMILES string of the molecule is COCCn1cc(C(=O)N[C@@H]2CC[C@@H]3CCCC[C@@H]3C2)c2ccccc21. The van der Waals surface area contributed by atoms with Crippen LogP contribution in [0.4, 0.5) is 0 Å². The highest BCUT2D eigenvalue weighted by molar-refractivity contribution is 6.07. The Balaban J connectivity index is 1.49. The summed E-state index contributed by atoms with van der Waals surface area (Å²) in [6.07, 6.45) is 11.1. The van der Waals surface area contributed by atoms with Crippen LogP contribution in [0.2, 0.25) is 0 Å². The van der Waals surface area contributed by atoms with Crippen molar-refractivity contribution in [3.8, 4) is 0 Å². The fourth-order valence-electron chi connectivity index (χ4n) is 5.07. The lowest BCUT2D eigenvalue weighted by Crippen LogP contribution is -2.41. The number of carbonyl (C=O) groups is 1. The third-order valence-electron chi connectivity index (χ3n) is 6.44. The largest absolute Gasteiger partial charge is 0.383 e. The van der Waals surface area contributed by atoms with Crippen molar-refractivity contribution in [3.05, 3.63) is 36.0 Å². The molecule has 2 aliphatic rings. The smallest absolute Gasteiger partial charge is 0.253 e. The number of hydrogen-bond donors (Lipinski definition) is 1. The van der Waals surface area contributed by atoms with Crippen LogP contribution in [-0.4, -0.2) is 30.2 Å². The Bertz CT molecular complexity index is 767.